The Morgan fingerprint density at radius 3 is 2.00 bits per heavy atom. The van der Waals surface area contributed by atoms with E-state index in [9.17, 15) is 13.2 Å². The normalized spacial score (nSPS) is 12.1. The van der Waals surface area contributed by atoms with E-state index in [1.165, 1.54) is 11.3 Å². The Balaban J connectivity index is 1.70. The lowest BCUT2D eigenvalue weighted by Crippen LogP contribution is -2.37. The molecule has 8 heteroatoms. The first kappa shape index (κ1) is 28.9. The van der Waals surface area contributed by atoms with Crippen LogP contribution in [0.4, 0.5) is 5.13 Å². The molecule has 39 heavy (non-hydrogen) atoms. The van der Waals surface area contributed by atoms with E-state index in [1.54, 1.807) is 33.5 Å². The molecule has 0 aliphatic rings. The second-order valence-corrected chi connectivity index (χ2v) is 13.8. The Kier molecular flexibility index (Phi) is 8.89. The molecule has 0 unspecified atom stereocenters. The monoisotopic (exact) mass is 563 g/mol. The molecule has 0 radical (unpaired) electrons. The lowest BCUT2D eigenvalue weighted by atomic mass is 10.1. The maximum absolute atomic E-state index is 13.9. The molecule has 1 heterocycles. The van der Waals surface area contributed by atoms with Gasteiger partial charge in [0.05, 0.1) is 21.7 Å². The first-order valence-electron chi connectivity index (χ1n) is 13.3. The standard InChI is InChI=1S/C31H37N3O3S2/c1-21(2)18-33(19-22(3)4)39(36,37)27-16-14-26(15-17-27)30(35)34(20-25-10-8-7-9-11-25)31-32-28-23(5)12-13-24(6)29(28)38-31/h7-17,21-22H,18-20H2,1-6H3. The van der Waals surface area contributed by atoms with Crippen LogP contribution in [-0.4, -0.2) is 36.7 Å². The first-order valence-corrected chi connectivity index (χ1v) is 15.6. The molecule has 0 spiro atoms. The molecule has 4 rings (SSSR count). The number of benzene rings is 3. The molecule has 6 nitrogen and oxygen atoms in total. The van der Waals surface area contributed by atoms with Crippen LogP contribution in [0.2, 0.25) is 0 Å². The Morgan fingerprint density at radius 2 is 1.44 bits per heavy atom. The van der Waals surface area contributed by atoms with E-state index in [1.807, 2.05) is 77.9 Å². The number of hydrogen-bond acceptors (Lipinski definition) is 5. The van der Waals surface area contributed by atoms with Gasteiger partial charge >= 0.3 is 0 Å². The summed E-state index contributed by atoms with van der Waals surface area (Å²) in [5, 5.41) is 0.619. The van der Waals surface area contributed by atoms with Crippen LogP contribution >= 0.6 is 11.3 Å². The summed E-state index contributed by atoms with van der Waals surface area (Å²) in [5.74, 6) is 0.178. The quantitative estimate of drug-likeness (QED) is 0.207. The van der Waals surface area contributed by atoms with Gasteiger partial charge < -0.3 is 0 Å². The minimum Gasteiger partial charge on any atom is -0.279 e. The molecule has 206 valence electrons. The summed E-state index contributed by atoms with van der Waals surface area (Å²) < 4.78 is 29.5. The van der Waals surface area contributed by atoms with Crippen molar-refractivity contribution >= 4 is 42.6 Å². The lowest BCUT2D eigenvalue weighted by Gasteiger charge is -2.26. The van der Waals surface area contributed by atoms with Crippen molar-refractivity contribution in [2.24, 2.45) is 11.8 Å². The minimum absolute atomic E-state index is 0.196. The molecule has 1 aromatic heterocycles. The van der Waals surface area contributed by atoms with Gasteiger partial charge in [0.1, 0.15) is 0 Å². The lowest BCUT2D eigenvalue weighted by molar-refractivity contribution is 0.0985. The van der Waals surface area contributed by atoms with Gasteiger partial charge in [0.25, 0.3) is 5.91 Å². The highest BCUT2D eigenvalue weighted by molar-refractivity contribution is 7.89. The highest BCUT2D eigenvalue weighted by atomic mass is 32.2. The van der Waals surface area contributed by atoms with Gasteiger partial charge in [-0.15, -0.1) is 0 Å². The predicted molar refractivity (Wildman–Crippen MR) is 161 cm³/mol. The fourth-order valence-corrected chi connectivity index (χ4v) is 7.39. The highest BCUT2D eigenvalue weighted by Crippen LogP contribution is 2.34. The van der Waals surface area contributed by atoms with Crippen LogP contribution in [0.5, 0.6) is 0 Å². The van der Waals surface area contributed by atoms with Gasteiger partial charge in [0.2, 0.25) is 10.0 Å². The molecule has 0 saturated carbocycles. The second-order valence-electron chi connectivity index (χ2n) is 10.9. The molecule has 4 aromatic rings. The number of thiazole rings is 1. The van der Waals surface area contributed by atoms with E-state index in [-0.39, 0.29) is 22.6 Å². The largest absolute Gasteiger partial charge is 0.279 e. The van der Waals surface area contributed by atoms with Gasteiger partial charge in [-0.05, 0) is 66.6 Å². The van der Waals surface area contributed by atoms with Crippen molar-refractivity contribution in [2.45, 2.75) is 53.0 Å². The summed E-state index contributed by atoms with van der Waals surface area (Å²) in [4.78, 5) is 20.7. The number of carbonyl (C=O) groups excluding carboxylic acids is 1. The van der Waals surface area contributed by atoms with Gasteiger partial charge in [-0.25, -0.2) is 13.4 Å². The zero-order valence-corrected chi connectivity index (χ0v) is 25.1. The number of hydrogen-bond donors (Lipinski definition) is 0. The van der Waals surface area contributed by atoms with E-state index in [2.05, 4.69) is 6.07 Å². The number of carbonyl (C=O) groups is 1. The molecule has 0 aliphatic heterocycles. The number of rotatable bonds is 10. The van der Waals surface area contributed by atoms with Crippen molar-refractivity contribution in [1.82, 2.24) is 9.29 Å². The Bertz CT molecular complexity index is 1490. The SMILES string of the molecule is Cc1ccc(C)c2sc(N(Cc3ccccc3)C(=O)c3ccc(S(=O)(=O)N(CC(C)C)CC(C)C)cc3)nc12. The van der Waals surface area contributed by atoms with Crippen molar-refractivity contribution in [3.8, 4) is 0 Å². The topological polar surface area (TPSA) is 70.6 Å². The Hall–Kier alpha value is -3.07. The third-order valence-corrected chi connectivity index (χ3v) is 9.53. The third kappa shape index (κ3) is 6.57. The molecule has 1 amide bonds. The predicted octanol–water partition coefficient (Wildman–Crippen LogP) is 7.06. The van der Waals surface area contributed by atoms with Gasteiger partial charge in [0.15, 0.2) is 5.13 Å². The van der Waals surface area contributed by atoms with Crippen molar-refractivity contribution in [3.05, 3.63) is 89.0 Å². The van der Waals surface area contributed by atoms with Crippen LogP contribution in [0, 0.1) is 25.7 Å². The molecule has 0 fully saturated rings. The highest BCUT2D eigenvalue weighted by Gasteiger charge is 2.27. The van der Waals surface area contributed by atoms with Gasteiger partial charge in [-0.2, -0.15) is 4.31 Å². The van der Waals surface area contributed by atoms with Crippen molar-refractivity contribution in [2.75, 3.05) is 18.0 Å². The van der Waals surface area contributed by atoms with Crippen LogP contribution < -0.4 is 4.90 Å². The molecule has 0 N–H and O–H groups in total. The maximum Gasteiger partial charge on any atom is 0.260 e. The minimum atomic E-state index is -3.68. The summed E-state index contributed by atoms with van der Waals surface area (Å²) in [6.07, 6.45) is 0. The van der Waals surface area contributed by atoms with Crippen LogP contribution in [0.15, 0.2) is 71.6 Å². The van der Waals surface area contributed by atoms with E-state index >= 15 is 0 Å². The molecule has 3 aromatic carbocycles. The molecular weight excluding hydrogens is 526 g/mol. The number of aryl methyl sites for hydroxylation is 2. The summed E-state index contributed by atoms with van der Waals surface area (Å²) in [6.45, 7) is 13.4. The summed E-state index contributed by atoms with van der Waals surface area (Å²) in [6, 6.07) is 20.2. The van der Waals surface area contributed by atoms with Crippen LogP contribution in [0.3, 0.4) is 0 Å². The molecule has 0 bridgehead atoms. The number of anilines is 1. The second kappa shape index (κ2) is 12.0. The maximum atomic E-state index is 13.9. The first-order chi connectivity index (χ1) is 18.5. The number of sulfonamides is 1. The third-order valence-electron chi connectivity index (χ3n) is 6.47. The molecular formula is C31H37N3O3S2. The average Bonchev–Trinajstić information content (AvgIpc) is 3.35. The number of amides is 1. The van der Waals surface area contributed by atoms with E-state index < -0.39 is 10.0 Å². The fraction of sp³-hybridized carbons (Fsp3) is 0.355. The number of aromatic nitrogens is 1. The van der Waals surface area contributed by atoms with E-state index in [4.69, 9.17) is 4.98 Å². The van der Waals surface area contributed by atoms with Crippen LogP contribution in [0.1, 0.15) is 54.7 Å². The van der Waals surface area contributed by atoms with E-state index in [0.717, 1.165) is 26.9 Å². The Morgan fingerprint density at radius 1 is 0.846 bits per heavy atom. The van der Waals surface area contributed by atoms with Crippen molar-refractivity contribution < 1.29 is 13.2 Å². The summed E-state index contributed by atoms with van der Waals surface area (Å²) in [7, 11) is -3.68. The van der Waals surface area contributed by atoms with Crippen molar-refractivity contribution in [3.63, 3.8) is 0 Å². The molecule has 0 aliphatic carbocycles. The zero-order valence-electron chi connectivity index (χ0n) is 23.5. The smallest absolute Gasteiger partial charge is 0.260 e. The van der Waals surface area contributed by atoms with Crippen molar-refractivity contribution in [1.29, 1.82) is 0 Å². The van der Waals surface area contributed by atoms with E-state index in [0.29, 0.717) is 30.3 Å². The summed E-state index contributed by atoms with van der Waals surface area (Å²) >= 11 is 1.50. The number of nitrogens with zero attached hydrogens (tertiary/aromatic N) is 3. The summed E-state index contributed by atoms with van der Waals surface area (Å²) in [5.41, 5.74) is 4.48. The average molecular weight is 564 g/mol. The Labute approximate surface area is 236 Å². The fourth-order valence-electron chi connectivity index (χ4n) is 4.52. The molecule has 0 atom stereocenters. The van der Waals surface area contributed by atoms with Gasteiger partial charge in [0, 0.05) is 18.7 Å². The zero-order chi connectivity index (χ0) is 28.3. The van der Waals surface area contributed by atoms with Crippen LogP contribution in [-0.2, 0) is 16.6 Å². The van der Waals surface area contributed by atoms with Crippen LogP contribution in [0.25, 0.3) is 10.2 Å². The molecule has 0 saturated heterocycles. The van der Waals surface area contributed by atoms with Gasteiger partial charge in [-0.1, -0.05) is 81.5 Å². The number of fused-ring (bicyclic) bond motifs is 1. The van der Waals surface area contributed by atoms with Gasteiger partial charge in [-0.3, -0.25) is 9.69 Å².